The minimum absolute atomic E-state index is 1.06. The molecular formula is C92H102N4. The van der Waals surface area contributed by atoms with Gasteiger partial charge in [0.05, 0.1) is 45.5 Å². The van der Waals surface area contributed by atoms with E-state index in [4.69, 9.17) is 0 Å². The Morgan fingerprint density at radius 2 is 0.396 bits per heavy atom. The molecule has 0 amide bonds. The highest BCUT2D eigenvalue weighted by atomic mass is 15.2. The van der Waals surface area contributed by atoms with Crippen LogP contribution in [0, 0.1) is 83.1 Å². The lowest BCUT2D eigenvalue weighted by atomic mass is 9.88. The summed E-state index contributed by atoms with van der Waals surface area (Å²) >= 11 is 0. The molecular weight excluding hydrogens is 1160 g/mol. The molecule has 96 heavy (non-hydrogen) atoms. The van der Waals surface area contributed by atoms with Crippen molar-refractivity contribution in [1.29, 1.82) is 0 Å². The molecule has 0 unspecified atom stereocenters. The number of anilines is 12. The van der Waals surface area contributed by atoms with Crippen LogP contribution in [-0.2, 0) is 25.7 Å². The number of unbranched alkanes of at least 4 members (excludes halogenated alkanes) is 4. The van der Waals surface area contributed by atoms with E-state index >= 15 is 0 Å². The van der Waals surface area contributed by atoms with E-state index in [1.807, 2.05) is 0 Å². The van der Waals surface area contributed by atoms with Crippen LogP contribution in [0.15, 0.2) is 182 Å². The third-order valence-corrected chi connectivity index (χ3v) is 20.3. The Labute approximate surface area is 575 Å². The summed E-state index contributed by atoms with van der Waals surface area (Å²) in [6.07, 6.45) is 13.5. The van der Waals surface area contributed by atoms with Crippen LogP contribution in [0.5, 0.6) is 0 Å². The van der Waals surface area contributed by atoms with Gasteiger partial charge in [0.1, 0.15) is 0 Å². The summed E-state index contributed by atoms with van der Waals surface area (Å²) in [6, 6.07) is 72.0. The van der Waals surface area contributed by atoms with Gasteiger partial charge in [0.15, 0.2) is 0 Å². The minimum atomic E-state index is 1.06. The SMILES string of the molecule is CCCCc1cc(C)c(N(c2ccc(C)cc2)c2cc(N(c3ccc(C)cc3)c3c(C)cc(CCCC)cc3C)c3ccc4c(N(c5ccc(C)cc5)c5c(C)cc(CCCC)cc5C)cc(N(c5ccc(C)cc5)c5c(C)cc(CCCC)cc5C)c5ccc2c3c54)c(C)c1. The van der Waals surface area contributed by atoms with E-state index in [0.717, 1.165) is 123 Å². The van der Waals surface area contributed by atoms with Crippen LogP contribution in [0.2, 0.25) is 0 Å². The van der Waals surface area contributed by atoms with E-state index < -0.39 is 0 Å². The Morgan fingerprint density at radius 1 is 0.219 bits per heavy atom. The van der Waals surface area contributed by atoms with Crippen molar-refractivity contribution in [2.45, 2.75) is 188 Å². The van der Waals surface area contributed by atoms with Crippen molar-refractivity contribution in [2.24, 2.45) is 0 Å². The predicted molar refractivity (Wildman–Crippen MR) is 420 cm³/mol. The first-order valence-corrected chi connectivity index (χ1v) is 36.1. The van der Waals surface area contributed by atoms with Gasteiger partial charge in [-0.15, -0.1) is 0 Å². The van der Waals surface area contributed by atoms with Crippen LogP contribution >= 0.6 is 0 Å². The van der Waals surface area contributed by atoms with Crippen LogP contribution < -0.4 is 19.6 Å². The lowest BCUT2D eigenvalue weighted by molar-refractivity contribution is 0.794. The Hall–Kier alpha value is -9.12. The average molecular weight is 1260 g/mol. The van der Waals surface area contributed by atoms with Crippen LogP contribution in [0.4, 0.5) is 68.2 Å². The largest absolute Gasteiger partial charge is 0.309 e. The molecule has 0 aliphatic carbocycles. The maximum atomic E-state index is 2.63. The minimum Gasteiger partial charge on any atom is -0.309 e. The molecule has 12 aromatic carbocycles. The highest BCUT2D eigenvalue weighted by molar-refractivity contribution is 6.33. The second-order valence-corrected chi connectivity index (χ2v) is 28.3. The van der Waals surface area contributed by atoms with E-state index in [9.17, 15) is 0 Å². The molecule has 0 aliphatic rings. The summed E-state index contributed by atoms with van der Waals surface area (Å²) in [6.45, 7) is 36.8. The predicted octanol–water partition coefficient (Wildman–Crippen LogP) is 27.5. The van der Waals surface area contributed by atoms with Crippen molar-refractivity contribution in [3.8, 4) is 0 Å². The maximum absolute atomic E-state index is 2.63. The molecule has 0 fully saturated rings. The molecule has 12 rings (SSSR count). The zero-order valence-corrected chi connectivity index (χ0v) is 60.6. The Bertz CT molecular complexity index is 4070. The van der Waals surface area contributed by atoms with Crippen LogP contribution in [0.1, 0.15) is 168 Å². The standard InChI is InChI=1S/C92H102N4/c1-17-21-25-71-49-63(9)89(64(10)50-71)93(75-37-29-59(5)30-38-75)83-57-84(94(76-39-31-60(6)32-40-76)90-65(11)51-72(26-22-18-2)52-66(90)12)80-47-48-82-86(96(78-43-35-62(8)36-44-78)92-69(15)55-74(28-24-20-4)56-70(92)16)58-85(81-46-45-79(83)87(80)88(81)82)95(77-41-33-61(7)34-42-77)91-67(13)53-73(27-23-19-3)54-68(91)14/h29-58H,17-28H2,1-16H3. The molecule has 0 N–H and O–H groups in total. The summed E-state index contributed by atoms with van der Waals surface area (Å²) in [7, 11) is 0. The molecule has 490 valence electrons. The van der Waals surface area contributed by atoms with Gasteiger partial charge in [-0.05, 0) is 262 Å². The average Bonchev–Trinajstić information content (AvgIpc) is 0.698. The first-order chi connectivity index (χ1) is 46.4. The number of rotatable bonds is 24. The highest BCUT2D eigenvalue weighted by Gasteiger charge is 2.32. The van der Waals surface area contributed by atoms with Crippen molar-refractivity contribution < 1.29 is 0 Å². The van der Waals surface area contributed by atoms with Gasteiger partial charge in [-0.25, -0.2) is 0 Å². The second kappa shape index (κ2) is 28.7. The lowest BCUT2D eigenvalue weighted by Gasteiger charge is -2.36. The van der Waals surface area contributed by atoms with Gasteiger partial charge < -0.3 is 19.6 Å². The molecule has 0 saturated heterocycles. The van der Waals surface area contributed by atoms with Crippen molar-refractivity contribution in [1.82, 2.24) is 0 Å². The van der Waals surface area contributed by atoms with Crippen LogP contribution in [0.3, 0.4) is 0 Å². The maximum Gasteiger partial charge on any atom is 0.0561 e. The molecule has 0 bridgehead atoms. The molecule has 0 aliphatic heterocycles. The number of nitrogens with zero attached hydrogens (tertiary/aromatic N) is 4. The van der Waals surface area contributed by atoms with Crippen molar-refractivity contribution in [3.05, 3.63) is 271 Å². The van der Waals surface area contributed by atoms with Gasteiger partial charge in [0.2, 0.25) is 0 Å². The van der Waals surface area contributed by atoms with Crippen LogP contribution in [0.25, 0.3) is 32.3 Å². The summed E-state index contributed by atoms with van der Waals surface area (Å²) < 4.78 is 0. The van der Waals surface area contributed by atoms with Gasteiger partial charge in [-0.1, -0.05) is 197 Å². The number of hydrogen-bond acceptors (Lipinski definition) is 4. The molecule has 0 saturated carbocycles. The number of hydrogen-bond donors (Lipinski definition) is 0. The fourth-order valence-electron chi connectivity index (χ4n) is 15.7. The van der Waals surface area contributed by atoms with Gasteiger partial charge in [-0.3, -0.25) is 0 Å². The topological polar surface area (TPSA) is 13.0 Å². The van der Waals surface area contributed by atoms with E-state index in [1.165, 1.54) is 144 Å². The zero-order valence-electron chi connectivity index (χ0n) is 60.6. The molecule has 0 aromatic heterocycles. The molecule has 4 nitrogen and oxygen atoms in total. The summed E-state index contributed by atoms with van der Waals surface area (Å²) in [5, 5.41) is 7.25. The fraction of sp³-hybridized carbons (Fsp3) is 0.304. The quantitative estimate of drug-likeness (QED) is 0.0559. The summed E-state index contributed by atoms with van der Waals surface area (Å²) in [5.74, 6) is 0. The van der Waals surface area contributed by atoms with E-state index in [2.05, 4.69) is 312 Å². The van der Waals surface area contributed by atoms with Gasteiger partial charge in [0.25, 0.3) is 0 Å². The van der Waals surface area contributed by atoms with Gasteiger partial charge in [-0.2, -0.15) is 0 Å². The third-order valence-electron chi connectivity index (χ3n) is 20.3. The Balaban J connectivity index is 1.32. The van der Waals surface area contributed by atoms with E-state index in [0.29, 0.717) is 0 Å². The molecule has 0 radical (unpaired) electrons. The van der Waals surface area contributed by atoms with Gasteiger partial charge >= 0.3 is 0 Å². The highest BCUT2D eigenvalue weighted by Crippen LogP contribution is 2.57. The smallest absolute Gasteiger partial charge is 0.0561 e. The molecule has 0 atom stereocenters. The van der Waals surface area contributed by atoms with Gasteiger partial charge in [0, 0.05) is 55.1 Å². The summed E-state index contributed by atoms with van der Waals surface area (Å²) in [4.78, 5) is 10.5. The number of aryl methyl sites for hydroxylation is 16. The molecule has 0 spiro atoms. The summed E-state index contributed by atoms with van der Waals surface area (Å²) in [5.41, 5.74) is 34.6. The Morgan fingerprint density at radius 3 is 0.562 bits per heavy atom. The van der Waals surface area contributed by atoms with Crippen molar-refractivity contribution >= 4 is 101 Å². The van der Waals surface area contributed by atoms with E-state index in [-0.39, 0.29) is 0 Å². The molecule has 4 heteroatoms. The molecule has 0 heterocycles. The lowest BCUT2D eigenvalue weighted by Crippen LogP contribution is -2.18. The third kappa shape index (κ3) is 13.2. The van der Waals surface area contributed by atoms with Crippen LogP contribution in [-0.4, -0.2) is 0 Å². The first kappa shape index (κ1) is 66.9. The normalized spacial score (nSPS) is 11.6. The van der Waals surface area contributed by atoms with E-state index in [1.54, 1.807) is 0 Å². The zero-order chi connectivity index (χ0) is 67.6. The monoisotopic (exact) mass is 1260 g/mol. The fourth-order valence-corrected chi connectivity index (χ4v) is 15.7. The Kier molecular flexibility index (Phi) is 20.0. The second-order valence-electron chi connectivity index (χ2n) is 28.3. The number of benzene rings is 12. The van der Waals surface area contributed by atoms with Crippen molar-refractivity contribution in [2.75, 3.05) is 19.6 Å². The first-order valence-electron chi connectivity index (χ1n) is 36.1. The molecule has 12 aromatic rings. The van der Waals surface area contributed by atoms with Crippen molar-refractivity contribution in [3.63, 3.8) is 0 Å².